The van der Waals surface area contributed by atoms with E-state index in [1.54, 1.807) is 6.92 Å². The molecule has 0 radical (unpaired) electrons. The van der Waals surface area contributed by atoms with E-state index in [-0.39, 0.29) is 29.6 Å². The van der Waals surface area contributed by atoms with Gasteiger partial charge in [0.2, 0.25) is 17.6 Å². The Hall–Kier alpha value is -5.94. The Morgan fingerprint density at radius 3 is 2.20 bits per heavy atom. The Balaban J connectivity index is 1.35. The molecule has 4 bridgehead atoms. The number of pyridine rings is 1. The second kappa shape index (κ2) is 16.4. The first kappa shape index (κ1) is 39.3. The van der Waals surface area contributed by atoms with Crippen LogP contribution in [0.1, 0.15) is 72.6 Å². The molecule has 18 heteroatoms. The van der Waals surface area contributed by atoms with Crippen LogP contribution in [0.25, 0.3) is 0 Å². The van der Waals surface area contributed by atoms with Crippen LogP contribution in [0.5, 0.6) is 0 Å². The maximum Gasteiger partial charge on any atom is 0.338 e. The molecule has 4 fully saturated rings. The number of nitrogens with zero attached hydrogens (tertiary/aromatic N) is 2. The van der Waals surface area contributed by atoms with Crippen LogP contribution in [0.3, 0.4) is 0 Å². The third-order valence-corrected chi connectivity index (χ3v) is 10.6. The van der Waals surface area contributed by atoms with E-state index >= 15 is 0 Å². The molecular weight excluding hydrogens is 708 g/mol. The number of ketones is 1. The first-order valence-corrected chi connectivity index (χ1v) is 17.6. The number of anilines is 1. The number of likely N-dealkylation sites (N-methyl/N-ethyl adjacent to an activating group) is 1. The van der Waals surface area contributed by atoms with Gasteiger partial charge in [-0.25, -0.2) is 9.59 Å². The number of nitro benzene ring substituents is 1. The first-order chi connectivity index (χ1) is 25.7. The fourth-order valence-electron chi connectivity index (χ4n) is 8.33. The van der Waals surface area contributed by atoms with Crippen LogP contribution >= 0.6 is 0 Å². The second-order valence-corrected chi connectivity index (χ2v) is 13.9. The maximum absolute atomic E-state index is 13.6. The molecule has 6 rings (SSSR count). The van der Waals surface area contributed by atoms with Crippen molar-refractivity contribution in [2.45, 2.75) is 70.0 Å². The van der Waals surface area contributed by atoms with Crippen molar-refractivity contribution >= 4 is 52.7 Å². The average Bonchev–Trinajstić information content (AvgIpc) is 3.14. The zero-order chi connectivity index (χ0) is 39.3. The normalized spacial score (nSPS) is 22.6. The number of esters is 2. The lowest BCUT2D eigenvalue weighted by molar-refractivity contribution is -0.384. The van der Waals surface area contributed by atoms with Crippen LogP contribution in [0, 0.1) is 33.8 Å². The van der Waals surface area contributed by atoms with Crippen LogP contribution in [-0.2, 0) is 40.0 Å². The highest BCUT2D eigenvalue weighted by atomic mass is 16.6. The third kappa shape index (κ3) is 8.16. The molecule has 4 saturated carbocycles. The lowest BCUT2D eigenvalue weighted by Gasteiger charge is -2.59. The van der Waals surface area contributed by atoms with Gasteiger partial charge in [0.1, 0.15) is 23.8 Å². The molecular formula is C36H42N6O12. The van der Waals surface area contributed by atoms with E-state index in [1.807, 2.05) is 0 Å². The SMILES string of the molecule is CCNC(=O)C(=O)CC[C@H](NC(=O)c1cc(C(=O)OC)cc([N+](=O)[O-])c1)C(=O)Nc1cccn(CC(=O)NC2(C(=O)OC)C3CC4CC(C3)CC2C4)c1=O. The van der Waals surface area contributed by atoms with Crippen molar-refractivity contribution in [3.05, 3.63) is 68.1 Å². The van der Waals surface area contributed by atoms with Crippen molar-refractivity contribution in [3.63, 3.8) is 0 Å². The Morgan fingerprint density at radius 2 is 1.61 bits per heavy atom. The highest BCUT2D eigenvalue weighted by molar-refractivity contribution is 6.36. The van der Waals surface area contributed by atoms with Gasteiger partial charge >= 0.3 is 11.9 Å². The summed E-state index contributed by atoms with van der Waals surface area (Å²) < 4.78 is 10.9. The standard InChI is InChI=1S/C36H42N6O12/c1-4-37-32(47)28(43)8-7-26(38-30(45)21-15-22(34(49)53-2)17-25(16-21)42(51)52)31(46)39-27-6-5-9-41(33(27)48)18-29(44)40-36(35(50)54-3)23-11-19-10-20(13-23)14-24(36)12-19/h5-6,9,15-17,19-20,23-24,26H,4,7-8,10-14,18H2,1-3H3,(H,37,47)(H,38,45)(H,39,46)(H,40,44)/t19?,20?,23?,24?,26-,36?/m0/s1. The monoisotopic (exact) mass is 750 g/mol. The summed E-state index contributed by atoms with van der Waals surface area (Å²) in [5, 5.41) is 21.6. The van der Waals surface area contributed by atoms with E-state index in [4.69, 9.17) is 4.74 Å². The molecule has 2 aromatic rings. The number of aromatic nitrogens is 1. The smallest absolute Gasteiger partial charge is 0.338 e. The molecule has 1 aromatic carbocycles. The molecule has 0 aliphatic heterocycles. The number of carbonyl (C=O) groups is 7. The fraction of sp³-hybridized carbons (Fsp3) is 0.500. The van der Waals surface area contributed by atoms with Gasteiger partial charge in [0, 0.05) is 36.9 Å². The van der Waals surface area contributed by atoms with E-state index < -0.39 is 94.1 Å². The minimum atomic E-state index is -1.58. The van der Waals surface area contributed by atoms with Gasteiger partial charge in [0.25, 0.3) is 23.1 Å². The number of benzene rings is 1. The largest absolute Gasteiger partial charge is 0.467 e. The molecule has 1 aromatic heterocycles. The zero-order valence-corrected chi connectivity index (χ0v) is 30.0. The van der Waals surface area contributed by atoms with E-state index in [2.05, 4.69) is 26.0 Å². The molecule has 18 nitrogen and oxygen atoms in total. The van der Waals surface area contributed by atoms with Gasteiger partial charge < -0.3 is 35.3 Å². The summed E-state index contributed by atoms with van der Waals surface area (Å²) in [5.74, 6) is -5.14. The number of non-ortho nitro benzene ring substituents is 1. The number of amides is 4. The molecule has 1 atom stereocenters. The summed E-state index contributed by atoms with van der Waals surface area (Å²) >= 11 is 0. The first-order valence-electron chi connectivity index (χ1n) is 17.6. The number of ether oxygens (including phenoxy) is 2. The van der Waals surface area contributed by atoms with Crippen LogP contribution < -0.4 is 26.8 Å². The predicted molar refractivity (Wildman–Crippen MR) is 188 cm³/mol. The molecule has 4 aliphatic rings. The lowest BCUT2D eigenvalue weighted by atomic mass is 9.48. The molecule has 4 N–H and O–H groups in total. The minimum Gasteiger partial charge on any atom is -0.467 e. The number of hydrogen-bond acceptors (Lipinski definition) is 12. The highest BCUT2D eigenvalue weighted by Gasteiger charge is 2.62. The minimum absolute atomic E-state index is 0.0892. The van der Waals surface area contributed by atoms with E-state index in [0.717, 1.165) is 62.0 Å². The summed E-state index contributed by atoms with van der Waals surface area (Å²) in [6.45, 7) is 1.26. The van der Waals surface area contributed by atoms with Gasteiger partial charge in [-0.05, 0) is 87.3 Å². The number of hydrogen-bond donors (Lipinski definition) is 4. The maximum atomic E-state index is 13.6. The molecule has 0 unspecified atom stereocenters. The molecule has 288 valence electrons. The Kier molecular flexibility index (Phi) is 11.9. The molecule has 54 heavy (non-hydrogen) atoms. The van der Waals surface area contributed by atoms with Crippen molar-refractivity contribution < 1.29 is 48.0 Å². The lowest BCUT2D eigenvalue weighted by Crippen LogP contribution is -2.70. The highest BCUT2D eigenvalue weighted by Crippen LogP contribution is 2.58. The van der Waals surface area contributed by atoms with E-state index in [1.165, 1.54) is 25.4 Å². The van der Waals surface area contributed by atoms with Crippen molar-refractivity contribution in [1.29, 1.82) is 0 Å². The van der Waals surface area contributed by atoms with Gasteiger partial charge in [-0.3, -0.25) is 38.9 Å². The number of nitrogens with one attached hydrogen (secondary N) is 4. The van der Waals surface area contributed by atoms with Crippen molar-refractivity contribution in [2.24, 2.45) is 23.7 Å². The number of rotatable bonds is 15. The molecule has 4 aliphatic carbocycles. The summed E-state index contributed by atoms with van der Waals surface area (Å²) in [7, 11) is 2.33. The van der Waals surface area contributed by atoms with Gasteiger partial charge in [0.05, 0.1) is 24.7 Å². The van der Waals surface area contributed by atoms with Crippen LogP contribution in [0.4, 0.5) is 11.4 Å². The van der Waals surface area contributed by atoms with E-state index in [0.29, 0.717) is 11.8 Å². The van der Waals surface area contributed by atoms with Crippen LogP contribution in [-0.4, -0.2) is 83.2 Å². The molecule has 1 heterocycles. The third-order valence-electron chi connectivity index (χ3n) is 10.6. The Bertz CT molecular complexity index is 1910. The van der Waals surface area contributed by atoms with Gasteiger partial charge in [-0.1, -0.05) is 0 Å². The van der Waals surface area contributed by atoms with Crippen molar-refractivity contribution in [3.8, 4) is 0 Å². The van der Waals surface area contributed by atoms with Gasteiger partial charge in [-0.15, -0.1) is 0 Å². The molecule has 0 spiro atoms. The Labute approximate surface area is 308 Å². The van der Waals surface area contributed by atoms with Crippen LogP contribution in [0.15, 0.2) is 41.3 Å². The molecule has 4 amide bonds. The summed E-state index contributed by atoms with van der Waals surface area (Å²) in [5.41, 5.74) is -3.64. The second-order valence-electron chi connectivity index (χ2n) is 13.9. The van der Waals surface area contributed by atoms with Gasteiger partial charge in [0.15, 0.2) is 0 Å². The topological polar surface area (TPSA) is 251 Å². The summed E-state index contributed by atoms with van der Waals surface area (Å²) in [4.78, 5) is 115. The number of carbonyl (C=O) groups excluding carboxylic acids is 7. The van der Waals surface area contributed by atoms with E-state index in [9.17, 15) is 48.5 Å². The number of nitro groups is 1. The quantitative estimate of drug-likeness (QED) is 0.0869. The summed E-state index contributed by atoms with van der Waals surface area (Å²) in [6.07, 6.45) is 4.67. The molecule has 0 saturated heterocycles. The van der Waals surface area contributed by atoms with Crippen molar-refractivity contribution in [1.82, 2.24) is 20.5 Å². The average molecular weight is 751 g/mol. The summed E-state index contributed by atoms with van der Waals surface area (Å²) in [6, 6.07) is 3.85. The number of Topliss-reactive ketones (excluding diaryl/α,β-unsaturated/α-hetero) is 1. The van der Waals surface area contributed by atoms with Crippen LogP contribution in [0.2, 0.25) is 0 Å². The van der Waals surface area contributed by atoms with Crippen molar-refractivity contribution in [2.75, 3.05) is 26.1 Å². The Morgan fingerprint density at radius 1 is 0.963 bits per heavy atom. The predicted octanol–water partition coefficient (Wildman–Crippen LogP) is 1.25. The zero-order valence-electron chi connectivity index (χ0n) is 30.0. The number of methoxy groups -OCH3 is 2. The van der Waals surface area contributed by atoms with Gasteiger partial charge in [-0.2, -0.15) is 0 Å². The fourth-order valence-corrected chi connectivity index (χ4v) is 8.33.